The van der Waals surface area contributed by atoms with Gasteiger partial charge < -0.3 is 10.2 Å². The van der Waals surface area contributed by atoms with E-state index in [0.717, 1.165) is 0 Å². The topological polar surface area (TPSA) is 77.8 Å². The summed E-state index contributed by atoms with van der Waals surface area (Å²) in [6.07, 6.45) is -0.560. The molecule has 1 unspecified atom stereocenters. The van der Waals surface area contributed by atoms with Crippen LogP contribution in [0.25, 0.3) is 0 Å². The van der Waals surface area contributed by atoms with E-state index in [1.54, 1.807) is 0 Å². The number of rotatable bonds is 1. The Morgan fingerprint density at radius 3 is 1.70 bits per heavy atom. The van der Waals surface area contributed by atoms with Crippen molar-refractivity contribution in [3.8, 4) is 0 Å². The molecule has 10 heavy (non-hydrogen) atoms. The van der Waals surface area contributed by atoms with Crippen molar-refractivity contribution in [3.05, 3.63) is 0 Å². The Balaban J connectivity index is 0. The van der Waals surface area contributed by atoms with Gasteiger partial charge in [-0.1, -0.05) is 0 Å². The van der Waals surface area contributed by atoms with Gasteiger partial charge in [-0.2, -0.15) is 0 Å². The van der Waals surface area contributed by atoms with E-state index >= 15 is 0 Å². The zero-order valence-electron chi connectivity index (χ0n) is 5.24. The molecule has 1 atom stereocenters. The van der Waals surface area contributed by atoms with Gasteiger partial charge in [0.05, 0.1) is 12.7 Å². The van der Waals surface area contributed by atoms with Crippen LogP contribution in [0.15, 0.2) is 0 Å². The first kappa shape index (κ1) is 12.6. The van der Waals surface area contributed by atoms with Gasteiger partial charge in [-0.15, -0.1) is 8.39 Å². The van der Waals surface area contributed by atoms with Gasteiger partial charge in [0.1, 0.15) is 0 Å². The normalized spacial score (nSPS) is 13.4. The summed E-state index contributed by atoms with van der Waals surface area (Å²) in [7, 11) is -5.64. The molecule has 0 radical (unpaired) electrons. The first-order chi connectivity index (χ1) is 4.27. The maximum Gasteiger partial charge on any atom is 0.549 e. The Kier molecular flexibility index (Phi) is 7.24. The van der Waals surface area contributed by atoms with Gasteiger partial charge in [0.15, 0.2) is 0 Å². The molecule has 64 valence electrons. The van der Waals surface area contributed by atoms with Gasteiger partial charge >= 0.3 is 7.99 Å². The number of halogens is 2. The van der Waals surface area contributed by atoms with Crippen LogP contribution in [0.2, 0.25) is 0 Å². The first-order valence-corrected chi connectivity index (χ1v) is 3.72. The lowest BCUT2D eigenvalue weighted by molar-refractivity contribution is 0.110. The molecule has 0 saturated carbocycles. The van der Waals surface area contributed by atoms with Crippen LogP contribution in [0, 0.1) is 0 Å². The smallest absolute Gasteiger partial charge is 0.394 e. The maximum atomic E-state index is 10.1. The predicted octanol–water partition coefficient (Wildman–Crippen LogP) is 0.385. The van der Waals surface area contributed by atoms with E-state index in [4.69, 9.17) is 19.7 Å². The lowest BCUT2D eigenvalue weighted by atomic mass is 10.5. The van der Waals surface area contributed by atoms with Gasteiger partial charge in [0.2, 0.25) is 0 Å². The summed E-state index contributed by atoms with van der Waals surface area (Å²) in [5.41, 5.74) is 0. The highest BCUT2D eigenvalue weighted by molar-refractivity contribution is 7.46. The maximum absolute atomic E-state index is 10.1. The van der Waals surface area contributed by atoms with E-state index in [1.807, 2.05) is 0 Å². The second-order valence-electron chi connectivity index (χ2n) is 1.47. The van der Waals surface area contributed by atoms with Crippen LogP contribution in [0.4, 0.5) is 8.39 Å². The summed E-state index contributed by atoms with van der Waals surface area (Å²) in [6.45, 7) is 1.39. The molecule has 0 fully saturated rings. The van der Waals surface area contributed by atoms with Crippen LogP contribution in [-0.4, -0.2) is 27.8 Å². The van der Waals surface area contributed by atoms with Crippen molar-refractivity contribution in [3.63, 3.8) is 0 Å². The molecule has 0 saturated heterocycles. The molecule has 4 nitrogen and oxygen atoms in total. The Hall–Kier alpha value is -0.0300. The summed E-state index contributed by atoms with van der Waals surface area (Å²) in [5.74, 6) is 0. The SMILES string of the molecule is CC(O)CO.O=P(O)(F)F. The van der Waals surface area contributed by atoms with Crippen molar-refractivity contribution >= 4 is 7.99 Å². The number of aliphatic hydroxyl groups excluding tert-OH is 2. The van der Waals surface area contributed by atoms with E-state index in [9.17, 15) is 8.39 Å². The Morgan fingerprint density at radius 1 is 1.60 bits per heavy atom. The molecule has 0 aliphatic carbocycles. The van der Waals surface area contributed by atoms with Crippen molar-refractivity contribution in [2.24, 2.45) is 0 Å². The number of hydrogen-bond donors (Lipinski definition) is 3. The van der Waals surface area contributed by atoms with E-state index in [0.29, 0.717) is 0 Å². The monoisotopic (exact) mass is 178 g/mol. The highest BCUT2D eigenvalue weighted by Crippen LogP contribution is 2.43. The predicted molar refractivity (Wildman–Crippen MR) is 30.8 cm³/mol. The number of aliphatic hydroxyl groups is 2. The lowest BCUT2D eigenvalue weighted by Gasteiger charge is -1.90. The van der Waals surface area contributed by atoms with Crippen LogP contribution in [0.3, 0.4) is 0 Å². The van der Waals surface area contributed by atoms with Gasteiger partial charge in [-0.3, -0.25) is 4.89 Å². The second-order valence-corrected chi connectivity index (χ2v) is 2.34. The van der Waals surface area contributed by atoms with Crippen molar-refractivity contribution in [2.45, 2.75) is 13.0 Å². The molecule has 0 aromatic carbocycles. The molecular formula is C3H9F2O4P. The zero-order valence-corrected chi connectivity index (χ0v) is 6.13. The quantitative estimate of drug-likeness (QED) is 0.507. The van der Waals surface area contributed by atoms with Crippen molar-refractivity contribution in [2.75, 3.05) is 6.61 Å². The highest BCUT2D eigenvalue weighted by atomic mass is 31.2. The molecule has 0 aliphatic rings. The molecule has 0 spiro atoms. The van der Waals surface area contributed by atoms with E-state index in [1.165, 1.54) is 6.92 Å². The Morgan fingerprint density at radius 2 is 1.70 bits per heavy atom. The number of hydrogen-bond acceptors (Lipinski definition) is 3. The van der Waals surface area contributed by atoms with Gasteiger partial charge in [0, 0.05) is 0 Å². The molecule has 7 heteroatoms. The molecule has 0 aliphatic heterocycles. The van der Waals surface area contributed by atoms with Crippen molar-refractivity contribution in [1.29, 1.82) is 0 Å². The fourth-order valence-corrected chi connectivity index (χ4v) is 0. The second kappa shape index (κ2) is 5.73. The molecule has 0 heterocycles. The molecule has 0 aromatic rings. The lowest BCUT2D eigenvalue weighted by Crippen LogP contribution is -2.03. The Bertz CT molecular complexity index is 103. The van der Waals surface area contributed by atoms with Crippen LogP contribution in [-0.2, 0) is 4.57 Å². The van der Waals surface area contributed by atoms with Crippen LogP contribution in [0.5, 0.6) is 0 Å². The van der Waals surface area contributed by atoms with E-state index < -0.39 is 14.1 Å². The molecule has 0 rings (SSSR count). The van der Waals surface area contributed by atoms with Crippen molar-refractivity contribution in [1.82, 2.24) is 0 Å². The van der Waals surface area contributed by atoms with Crippen LogP contribution in [0.1, 0.15) is 6.92 Å². The summed E-state index contributed by atoms with van der Waals surface area (Å²) >= 11 is 0. The highest BCUT2D eigenvalue weighted by Gasteiger charge is 2.09. The molecule has 3 N–H and O–H groups in total. The molecule has 0 bridgehead atoms. The first-order valence-electron chi connectivity index (χ1n) is 2.28. The fraction of sp³-hybridized carbons (Fsp3) is 1.00. The third-order valence-electron chi connectivity index (χ3n) is 0.264. The minimum Gasteiger partial charge on any atom is -0.394 e. The van der Waals surface area contributed by atoms with Crippen LogP contribution < -0.4 is 0 Å². The van der Waals surface area contributed by atoms with E-state index in [2.05, 4.69) is 0 Å². The zero-order chi connectivity index (χ0) is 8.78. The summed E-state index contributed by atoms with van der Waals surface area (Å²) < 4.78 is 28.7. The van der Waals surface area contributed by atoms with E-state index in [-0.39, 0.29) is 6.61 Å². The van der Waals surface area contributed by atoms with Crippen molar-refractivity contribution < 1.29 is 28.1 Å². The Labute approximate surface area is 56.8 Å². The van der Waals surface area contributed by atoms with Gasteiger partial charge in [-0.05, 0) is 6.92 Å². The summed E-state index contributed by atoms with van der Waals surface area (Å²) in [4.78, 5) is 6.74. The van der Waals surface area contributed by atoms with Gasteiger partial charge in [-0.25, -0.2) is 4.57 Å². The summed E-state index contributed by atoms with van der Waals surface area (Å²) in [6, 6.07) is 0. The standard InChI is InChI=1S/C3H8O2.F2HO2P/c1-3(5)2-4;1-5(2,3)4/h3-5H,2H2,1H3;(H,3,4). The third-order valence-corrected chi connectivity index (χ3v) is 0.264. The molecule has 0 aromatic heterocycles. The average Bonchev–Trinajstić information content (AvgIpc) is 1.61. The summed E-state index contributed by atoms with van der Waals surface area (Å²) in [5, 5.41) is 16.0. The minimum atomic E-state index is -5.64. The van der Waals surface area contributed by atoms with Crippen LogP contribution >= 0.6 is 7.99 Å². The fourth-order valence-electron chi connectivity index (χ4n) is 0. The van der Waals surface area contributed by atoms with Gasteiger partial charge in [0.25, 0.3) is 0 Å². The third kappa shape index (κ3) is 99.8. The molecule has 0 amide bonds. The largest absolute Gasteiger partial charge is 0.549 e. The minimum absolute atomic E-state index is 0.139. The average molecular weight is 178 g/mol. The molecular weight excluding hydrogens is 169 g/mol.